The molecule has 0 radical (unpaired) electrons. The van der Waals surface area contributed by atoms with E-state index in [2.05, 4.69) is 35.3 Å². The van der Waals surface area contributed by atoms with E-state index < -0.39 is 0 Å². The van der Waals surface area contributed by atoms with Gasteiger partial charge in [-0.15, -0.1) is 0 Å². The van der Waals surface area contributed by atoms with Gasteiger partial charge < -0.3 is 10.2 Å². The number of hydrogen-bond acceptors (Lipinski definition) is 2. The minimum Gasteiger partial charge on any atom is -0.362 e. The Balaban J connectivity index is 1.70. The van der Waals surface area contributed by atoms with Crippen molar-refractivity contribution < 1.29 is 4.79 Å². The second kappa shape index (κ2) is 6.41. The molecule has 0 bridgehead atoms. The van der Waals surface area contributed by atoms with Gasteiger partial charge in [-0.1, -0.05) is 35.4 Å². The monoisotopic (exact) mass is 314 g/mol. The van der Waals surface area contributed by atoms with Crippen LogP contribution in [0.15, 0.2) is 42.5 Å². The summed E-state index contributed by atoms with van der Waals surface area (Å²) in [4.78, 5) is 14.4. The van der Waals surface area contributed by atoms with Crippen molar-refractivity contribution in [2.24, 2.45) is 0 Å². The SMILES string of the molecule is Cc1ccc2c(c1)CCCN2CC(=O)Nc1cccc(Cl)c1. The topological polar surface area (TPSA) is 32.3 Å². The first-order valence-corrected chi connectivity index (χ1v) is 7.89. The molecule has 0 spiro atoms. The molecule has 0 unspecified atom stereocenters. The van der Waals surface area contributed by atoms with Gasteiger partial charge in [0.1, 0.15) is 0 Å². The molecular formula is C18H19ClN2O. The fourth-order valence-corrected chi connectivity index (χ4v) is 3.10. The van der Waals surface area contributed by atoms with Gasteiger partial charge in [0.25, 0.3) is 0 Å². The summed E-state index contributed by atoms with van der Waals surface area (Å²) in [6.45, 7) is 3.38. The fourth-order valence-electron chi connectivity index (χ4n) is 2.91. The van der Waals surface area contributed by atoms with Crippen LogP contribution in [0.2, 0.25) is 5.02 Å². The third-order valence-electron chi connectivity index (χ3n) is 3.89. The Morgan fingerprint density at radius 1 is 1.27 bits per heavy atom. The lowest BCUT2D eigenvalue weighted by Crippen LogP contribution is -2.36. The van der Waals surface area contributed by atoms with Gasteiger partial charge in [0.05, 0.1) is 6.54 Å². The number of fused-ring (bicyclic) bond motifs is 1. The van der Waals surface area contributed by atoms with Gasteiger partial charge in [-0.05, 0) is 49.6 Å². The highest BCUT2D eigenvalue weighted by molar-refractivity contribution is 6.30. The third-order valence-corrected chi connectivity index (χ3v) is 4.13. The van der Waals surface area contributed by atoms with E-state index in [0.717, 1.165) is 25.1 Å². The molecule has 0 aliphatic carbocycles. The Morgan fingerprint density at radius 2 is 2.14 bits per heavy atom. The van der Waals surface area contributed by atoms with Crippen LogP contribution in [0.25, 0.3) is 0 Å². The first kappa shape index (κ1) is 14.9. The van der Waals surface area contributed by atoms with Gasteiger partial charge in [0.2, 0.25) is 5.91 Å². The zero-order valence-electron chi connectivity index (χ0n) is 12.6. The van der Waals surface area contributed by atoms with Crippen LogP contribution in [0.5, 0.6) is 0 Å². The largest absolute Gasteiger partial charge is 0.362 e. The molecule has 1 aliphatic rings. The van der Waals surface area contributed by atoms with Crippen LogP contribution in [-0.2, 0) is 11.2 Å². The van der Waals surface area contributed by atoms with E-state index in [-0.39, 0.29) is 5.91 Å². The zero-order valence-corrected chi connectivity index (χ0v) is 13.4. The van der Waals surface area contributed by atoms with Crippen LogP contribution in [0.1, 0.15) is 17.5 Å². The highest BCUT2D eigenvalue weighted by Gasteiger charge is 2.19. The van der Waals surface area contributed by atoms with E-state index in [9.17, 15) is 4.79 Å². The highest BCUT2D eigenvalue weighted by Crippen LogP contribution is 2.27. The Hall–Kier alpha value is -2.00. The number of rotatable bonds is 3. The fraction of sp³-hybridized carbons (Fsp3) is 0.278. The quantitative estimate of drug-likeness (QED) is 0.927. The molecule has 4 heteroatoms. The van der Waals surface area contributed by atoms with Gasteiger partial charge >= 0.3 is 0 Å². The number of hydrogen-bond donors (Lipinski definition) is 1. The van der Waals surface area contributed by atoms with Crippen molar-refractivity contribution in [1.29, 1.82) is 0 Å². The van der Waals surface area contributed by atoms with Gasteiger partial charge in [-0.2, -0.15) is 0 Å². The molecular weight excluding hydrogens is 296 g/mol. The smallest absolute Gasteiger partial charge is 0.243 e. The number of nitrogens with zero attached hydrogens (tertiary/aromatic N) is 1. The van der Waals surface area contributed by atoms with Crippen molar-refractivity contribution in [1.82, 2.24) is 0 Å². The molecule has 2 aromatic carbocycles. The maximum atomic E-state index is 12.3. The highest BCUT2D eigenvalue weighted by atomic mass is 35.5. The molecule has 1 aliphatic heterocycles. The summed E-state index contributed by atoms with van der Waals surface area (Å²) >= 11 is 5.94. The molecule has 1 N–H and O–H groups in total. The van der Waals surface area contributed by atoms with Gasteiger partial charge in [-0.25, -0.2) is 0 Å². The lowest BCUT2D eigenvalue weighted by molar-refractivity contribution is -0.115. The Labute approximate surface area is 135 Å². The maximum Gasteiger partial charge on any atom is 0.243 e. The Kier molecular flexibility index (Phi) is 4.34. The van der Waals surface area contributed by atoms with Crippen molar-refractivity contribution in [3.05, 3.63) is 58.6 Å². The number of halogens is 1. The zero-order chi connectivity index (χ0) is 15.5. The lowest BCUT2D eigenvalue weighted by Gasteiger charge is -2.31. The number of anilines is 2. The first-order valence-electron chi connectivity index (χ1n) is 7.52. The molecule has 22 heavy (non-hydrogen) atoms. The number of carbonyl (C=O) groups is 1. The Morgan fingerprint density at radius 3 is 2.95 bits per heavy atom. The summed E-state index contributed by atoms with van der Waals surface area (Å²) in [7, 11) is 0. The second-order valence-corrected chi connectivity index (χ2v) is 6.15. The molecule has 0 saturated heterocycles. The van der Waals surface area contributed by atoms with E-state index in [1.54, 1.807) is 12.1 Å². The summed E-state index contributed by atoms with van der Waals surface area (Å²) in [6.07, 6.45) is 2.17. The molecule has 1 heterocycles. The molecule has 3 rings (SSSR count). The van der Waals surface area contributed by atoms with Crippen molar-refractivity contribution in [3.8, 4) is 0 Å². The van der Waals surface area contributed by atoms with Crippen LogP contribution >= 0.6 is 11.6 Å². The number of nitrogens with one attached hydrogen (secondary N) is 1. The van der Waals surface area contributed by atoms with Crippen molar-refractivity contribution in [3.63, 3.8) is 0 Å². The summed E-state index contributed by atoms with van der Waals surface area (Å²) in [5.41, 5.74) is 4.52. The minimum absolute atomic E-state index is 0.0179. The second-order valence-electron chi connectivity index (χ2n) is 5.72. The predicted molar refractivity (Wildman–Crippen MR) is 91.8 cm³/mol. The van der Waals surface area contributed by atoms with Crippen LogP contribution in [0.4, 0.5) is 11.4 Å². The van der Waals surface area contributed by atoms with E-state index in [1.807, 2.05) is 12.1 Å². The van der Waals surface area contributed by atoms with E-state index in [4.69, 9.17) is 11.6 Å². The van der Waals surface area contributed by atoms with Crippen LogP contribution in [0.3, 0.4) is 0 Å². The Bertz CT molecular complexity index is 699. The third kappa shape index (κ3) is 3.42. The molecule has 0 aromatic heterocycles. The normalized spacial score (nSPS) is 13.6. The van der Waals surface area contributed by atoms with Gasteiger partial charge in [0.15, 0.2) is 0 Å². The van der Waals surface area contributed by atoms with Gasteiger partial charge in [0, 0.05) is 22.9 Å². The number of carbonyl (C=O) groups excluding carboxylic acids is 1. The predicted octanol–water partition coefficient (Wildman–Crippen LogP) is 4.04. The average Bonchev–Trinajstić information content (AvgIpc) is 2.47. The summed E-state index contributed by atoms with van der Waals surface area (Å²) in [6, 6.07) is 13.7. The number of benzene rings is 2. The molecule has 114 valence electrons. The van der Waals surface area contributed by atoms with E-state index in [1.165, 1.54) is 16.8 Å². The molecule has 2 aromatic rings. The van der Waals surface area contributed by atoms with Crippen molar-refractivity contribution in [2.45, 2.75) is 19.8 Å². The van der Waals surface area contributed by atoms with Crippen LogP contribution in [-0.4, -0.2) is 19.0 Å². The minimum atomic E-state index is -0.0179. The summed E-state index contributed by atoms with van der Waals surface area (Å²) in [5, 5.41) is 3.53. The maximum absolute atomic E-state index is 12.3. The summed E-state index contributed by atoms with van der Waals surface area (Å²) in [5.74, 6) is -0.0179. The average molecular weight is 315 g/mol. The summed E-state index contributed by atoms with van der Waals surface area (Å²) < 4.78 is 0. The molecule has 0 atom stereocenters. The molecule has 0 fully saturated rings. The number of aryl methyl sites for hydroxylation is 2. The van der Waals surface area contributed by atoms with Crippen molar-refractivity contribution >= 4 is 28.9 Å². The van der Waals surface area contributed by atoms with Crippen LogP contribution in [0, 0.1) is 6.92 Å². The number of amides is 1. The standard InChI is InChI=1S/C18H19ClN2O/c1-13-7-8-17-14(10-13)4-3-9-21(17)12-18(22)20-16-6-2-5-15(19)11-16/h2,5-8,10-11H,3-4,9,12H2,1H3,(H,20,22). The lowest BCUT2D eigenvalue weighted by atomic mass is 9.99. The van der Waals surface area contributed by atoms with Crippen molar-refractivity contribution in [2.75, 3.05) is 23.3 Å². The molecule has 0 saturated carbocycles. The first-order chi connectivity index (χ1) is 10.6. The molecule has 1 amide bonds. The van der Waals surface area contributed by atoms with E-state index >= 15 is 0 Å². The van der Waals surface area contributed by atoms with Gasteiger partial charge in [-0.3, -0.25) is 4.79 Å². The molecule has 3 nitrogen and oxygen atoms in total. The van der Waals surface area contributed by atoms with Crippen LogP contribution < -0.4 is 10.2 Å². The van der Waals surface area contributed by atoms with E-state index in [0.29, 0.717) is 11.6 Å².